The van der Waals surface area contributed by atoms with Gasteiger partial charge < -0.3 is 4.74 Å². The largest absolute Gasteiger partial charge is 0.379 e. The molecule has 47 heavy (non-hydrogen) atoms. The Labute approximate surface area is 282 Å². The molecular formula is C37H40ClN5O3S. The zero-order valence-corrected chi connectivity index (χ0v) is 28.4. The minimum Gasteiger partial charge on any atom is -0.379 e. The second-order valence-corrected chi connectivity index (χ2v) is 15.1. The second-order valence-electron chi connectivity index (χ2n) is 12.7. The van der Waals surface area contributed by atoms with Gasteiger partial charge >= 0.3 is 0 Å². The lowest BCUT2D eigenvalue weighted by atomic mass is 10.0. The smallest absolute Gasteiger partial charge is 0.211 e. The molecule has 4 heterocycles. The van der Waals surface area contributed by atoms with E-state index in [0.29, 0.717) is 24.5 Å². The molecule has 3 aliphatic heterocycles. The zero-order chi connectivity index (χ0) is 32.4. The Morgan fingerprint density at radius 3 is 2.34 bits per heavy atom. The van der Waals surface area contributed by atoms with Crippen molar-refractivity contribution in [2.75, 3.05) is 45.6 Å². The number of hydrogen-bond acceptors (Lipinski definition) is 6. The van der Waals surface area contributed by atoms with Gasteiger partial charge in [0.05, 0.1) is 30.2 Å². The molecule has 0 atom stereocenters. The molecule has 0 radical (unpaired) electrons. The molecule has 1 fully saturated rings. The quantitative estimate of drug-likeness (QED) is 0.242. The van der Waals surface area contributed by atoms with Gasteiger partial charge in [-0.05, 0) is 47.4 Å². The molecule has 3 aromatic carbocycles. The number of morpholine rings is 1. The first-order chi connectivity index (χ1) is 22.8. The highest BCUT2D eigenvalue weighted by Gasteiger charge is 2.30. The molecule has 1 saturated heterocycles. The number of sulfonamides is 1. The number of halogens is 1. The van der Waals surface area contributed by atoms with Crippen molar-refractivity contribution in [3.05, 3.63) is 111 Å². The summed E-state index contributed by atoms with van der Waals surface area (Å²) in [5.74, 6) is 6.58. The monoisotopic (exact) mass is 669 g/mol. The summed E-state index contributed by atoms with van der Waals surface area (Å²) in [5, 5.41) is 5.64. The average Bonchev–Trinajstić information content (AvgIpc) is 3.66. The number of hydrogen-bond donors (Lipinski definition) is 0. The minimum atomic E-state index is -3.33. The number of aromatic nitrogens is 2. The first-order valence-electron chi connectivity index (χ1n) is 16.3. The van der Waals surface area contributed by atoms with E-state index < -0.39 is 10.0 Å². The van der Waals surface area contributed by atoms with Gasteiger partial charge in [-0.2, -0.15) is 9.40 Å². The third kappa shape index (κ3) is 7.49. The molecule has 0 amide bonds. The fourth-order valence-corrected chi connectivity index (χ4v) is 7.76. The van der Waals surface area contributed by atoms with Gasteiger partial charge in [-0.3, -0.25) is 14.5 Å². The molecular weight excluding hydrogens is 630 g/mol. The molecule has 0 saturated carbocycles. The van der Waals surface area contributed by atoms with E-state index in [4.69, 9.17) is 21.4 Å². The normalized spacial score (nSPS) is 17.2. The van der Waals surface area contributed by atoms with Gasteiger partial charge in [0.15, 0.2) is 0 Å². The number of rotatable bonds is 8. The lowest BCUT2D eigenvalue weighted by Crippen LogP contribution is -2.37. The first-order valence-corrected chi connectivity index (χ1v) is 18.6. The maximum Gasteiger partial charge on any atom is 0.211 e. The summed E-state index contributed by atoms with van der Waals surface area (Å²) in [7, 11) is -3.33. The molecule has 0 unspecified atom stereocenters. The Morgan fingerprint density at radius 2 is 1.62 bits per heavy atom. The van der Waals surface area contributed by atoms with Gasteiger partial charge in [0.2, 0.25) is 10.0 Å². The number of fused-ring (bicyclic) bond motifs is 2. The zero-order valence-electron chi connectivity index (χ0n) is 26.8. The van der Waals surface area contributed by atoms with Gasteiger partial charge in [0.25, 0.3) is 0 Å². The van der Waals surface area contributed by atoms with E-state index in [0.717, 1.165) is 99.1 Å². The summed E-state index contributed by atoms with van der Waals surface area (Å²) in [6.45, 7) is 8.87. The molecule has 1 aromatic heterocycles. The van der Waals surface area contributed by atoms with E-state index in [9.17, 15) is 8.42 Å². The predicted octanol–water partition coefficient (Wildman–Crippen LogP) is 5.16. The first kappa shape index (κ1) is 32.1. The lowest BCUT2D eigenvalue weighted by molar-refractivity contribution is 0.0368. The van der Waals surface area contributed by atoms with Crippen LogP contribution in [0.4, 0.5) is 0 Å². The fraction of sp³-hybridized carbons (Fsp3) is 0.378. The van der Waals surface area contributed by atoms with Crippen LogP contribution in [-0.4, -0.2) is 78.0 Å². The van der Waals surface area contributed by atoms with Gasteiger partial charge in [-0.15, -0.1) is 0 Å². The van der Waals surface area contributed by atoms with E-state index in [1.54, 1.807) is 4.31 Å². The van der Waals surface area contributed by atoms with Crippen molar-refractivity contribution in [3.8, 4) is 23.1 Å². The number of aryl methyl sites for hydroxylation is 1. The van der Waals surface area contributed by atoms with Crippen LogP contribution < -0.4 is 0 Å². The van der Waals surface area contributed by atoms with E-state index in [2.05, 4.69) is 74.9 Å². The molecule has 0 aliphatic carbocycles. The summed E-state index contributed by atoms with van der Waals surface area (Å²) in [5.41, 5.74) is 9.49. The van der Waals surface area contributed by atoms with Gasteiger partial charge in [-0.1, -0.05) is 65.9 Å². The van der Waals surface area contributed by atoms with Crippen molar-refractivity contribution >= 4 is 21.6 Å². The van der Waals surface area contributed by atoms with Crippen molar-refractivity contribution in [2.24, 2.45) is 0 Å². The van der Waals surface area contributed by atoms with Gasteiger partial charge in [0.1, 0.15) is 0 Å². The minimum absolute atomic E-state index is 0.312. The van der Waals surface area contributed by atoms with Gasteiger partial charge in [-0.25, -0.2) is 8.42 Å². The summed E-state index contributed by atoms with van der Waals surface area (Å²) in [6.07, 6.45) is 2.87. The Kier molecular flexibility index (Phi) is 9.51. The van der Waals surface area contributed by atoms with Crippen molar-refractivity contribution in [1.29, 1.82) is 0 Å². The Hall–Kier alpha value is -3.49. The maximum atomic E-state index is 12.5. The Balaban J connectivity index is 1.09. The van der Waals surface area contributed by atoms with Crippen LogP contribution in [0.3, 0.4) is 0 Å². The number of benzene rings is 3. The number of ether oxygens (including phenoxy) is 1. The van der Waals surface area contributed by atoms with Crippen molar-refractivity contribution < 1.29 is 13.2 Å². The third-order valence-corrected chi connectivity index (χ3v) is 10.9. The molecule has 0 spiro atoms. The molecule has 0 bridgehead atoms. The van der Waals surface area contributed by atoms with E-state index in [1.807, 2.05) is 18.2 Å². The lowest BCUT2D eigenvalue weighted by Gasteiger charge is -2.27. The predicted molar refractivity (Wildman–Crippen MR) is 185 cm³/mol. The Bertz CT molecular complexity index is 1900. The van der Waals surface area contributed by atoms with Crippen LogP contribution in [-0.2, 0) is 53.9 Å². The molecule has 4 aromatic rings. The fourth-order valence-electron chi connectivity index (χ4n) is 6.81. The van der Waals surface area contributed by atoms with Crippen molar-refractivity contribution in [1.82, 2.24) is 23.9 Å². The van der Waals surface area contributed by atoms with Crippen LogP contribution >= 0.6 is 11.6 Å². The second kappa shape index (κ2) is 13.9. The van der Waals surface area contributed by atoms with E-state index >= 15 is 0 Å². The van der Waals surface area contributed by atoms with Crippen LogP contribution in [0.2, 0.25) is 5.02 Å². The van der Waals surface area contributed by atoms with Crippen LogP contribution in [0.25, 0.3) is 11.3 Å². The SMILES string of the molecule is CS(=O)(=O)N1CCc2c(c(-c3ccc(Cl)c(C#Cc4ccc(CN5Cc6ccccc6C5)cc4)c3)nn2CCCN2CCOCC2)C1. The van der Waals surface area contributed by atoms with Gasteiger partial charge in [0, 0.05) is 93.3 Å². The van der Waals surface area contributed by atoms with E-state index in [1.165, 1.54) is 22.9 Å². The molecule has 3 aliphatic rings. The van der Waals surface area contributed by atoms with Crippen LogP contribution in [0, 0.1) is 11.8 Å². The van der Waals surface area contributed by atoms with Crippen molar-refractivity contribution in [2.45, 2.75) is 45.6 Å². The van der Waals surface area contributed by atoms with E-state index in [-0.39, 0.29) is 0 Å². The molecule has 10 heteroatoms. The molecule has 244 valence electrons. The summed E-state index contributed by atoms with van der Waals surface area (Å²) in [6, 6.07) is 22.9. The maximum absolute atomic E-state index is 12.5. The average molecular weight is 670 g/mol. The summed E-state index contributed by atoms with van der Waals surface area (Å²) in [4.78, 5) is 4.88. The van der Waals surface area contributed by atoms with Crippen molar-refractivity contribution in [3.63, 3.8) is 0 Å². The topological polar surface area (TPSA) is 70.9 Å². The summed E-state index contributed by atoms with van der Waals surface area (Å²) >= 11 is 6.65. The van der Waals surface area contributed by atoms with Crippen LogP contribution in [0.15, 0.2) is 66.7 Å². The van der Waals surface area contributed by atoms with Crippen LogP contribution in [0.5, 0.6) is 0 Å². The highest BCUT2D eigenvalue weighted by atomic mass is 35.5. The third-order valence-electron chi connectivity index (χ3n) is 9.36. The molecule has 7 rings (SSSR count). The highest BCUT2D eigenvalue weighted by Crippen LogP contribution is 2.33. The number of nitrogens with zero attached hydrogens (tertiary/aromatic N) is 5. The molecule has 8 nitrogen and oxygen atoms in total. The standard InChI is InChI=1S/C37H40ClN5O3S/c1-47(44,45)42-18-15-36-34(27-42)37(39-43(36)17-4-16-40-19-21-46-22-20-40)31-13-14-35(38)30(23-31)12-11-28-7-9-29(10-8-28)24-41-25-32-5-2-3-6-33(32)26-41/h2-3,5-10,13-14,23H,4,15-22,24-27H2,1H3. The Morgan fingerprint density at radius 1 is 0.872 bits per heavy atom. The van der Waals surface area contributed by atoms with Crippen LogP contribution in [0.1, 0.15) is 45.5 Å². The highest BCUT2D eigenvalue weighted by molar-refractivity contribution is 7.88. The summed E-state index contributed by atoms with van der Waals surface area (Å²) < 4.78 is 34.2. The molecule has 0 N–H and O–H groups in total.